The Morgan fingerprint density at radius 2 is 1.83 bits per heavy atom. The lowest BCUT2D eigenvalue weighted by molar-refractivity contribution is 0.102. The summed E-state index contributed by atoms with van der Waals surface area (Å²) in [4.78, 5) is 19.1. The number of para-hydroxylation sites is 2. The zero-order chi connectivity index (χ0) is 17.4. The van der Waals surface area contributed by atoms with Gasteiger partial charge in [-0.05, 0) is 37.1 Å². The van der Waals surface area contributed by atoms with E-state index in [0.717, 1.165) is 31.7 Å². The zero-order valence-corrected chi connectivity index (χ0v) is 14.6. The number of carbonyl (C=O) groups excluding carboxylic acids is 1. The lowest BCUT2D eigenvalue weighted by Crippen LogP contribution is -2.26. The second-order valence-electron chi connectivity index (χ2n) is 5.55. The summed E-state index contributed by atoms with van der Waals surface area (Å²) in [5.74, 6) is 1.34. The van der Waals surface area contributed by atoms with Crippen LogP contribution in [0.15, 0.2) is 42.6 Å². The highest BCUT2D eigenvalue weighted by atomic mass is 16.5. The summed E-state index contributed by atoms with van der Waals surface area (Å²) in [6, 6.07) is 11.1. The Labute approximate surface area is 143 Å². The maximum atomic E-state index is 12.4. The first-order chi connectivity index (χ1) is 11.7. The van der Waals surface area contributed by atoms with Gasteiger partial charge in [-0.25, -0.2) is 4.98 Å². The van der Waals surface area contributed by atoms with E-state index in [9.17, 15) is 4.79 Å². The molecule has 1 amide bonds. The molecule has 2 rings (SSSR count). The van der Waals surface area contributed by atoms with Crippen LogP contribution in [-0.4, -0.2) is 31.1 Å². The molecule has 1 aromatic carbocycles. The number of carbonyl (C=O) groups is 1. The van der Waals surface area contributed by atoms with Crippen molar-refractivity contribution in [1.82, 2.24) is 4.98 Å². The number of ether oxygens (including phenoxy) is 1. The molecule has 0 fully saturated rings. The molecule has 1 aromatic heterocycles. The van der Waals surface area contributed by atoms with Crippen molar-refractivity contribution in [2.24, 2.45) is 0 Å². The van der Waals surface area contributed by atoms with E-state index < -0.39 is 0 Å². The summed E-state index contributed by atoms with van der Waals surface area (Å²) in [6.45, 7) is 6.23. The predicted molar refractivity (Wildman–Crippen MR) is 98.0 cm³/mol. The standard InChI is InChI=1S/C19H25N3O2/c1-4-12-22(13-5-2)18-11-10-15(14-20-18)19(23)21-16-8-6-7-9-17(16)24-3/h6-11,14H,4-5,12-13H2,1-3H3,(H,21,23). The molecule has 128 valence electrons. The molecular formula is C19H25N3O2. The molecule has 0 radical (unpaired) electrons. The van der Waals surface area contributed by atoms with Crippen LogP contribution in [0.3, 0.4) is 0 Å². The molecule has 5 heteroatoms. The van der Waals surface area contributed by atoms with Crippen molar-refractivity contribution in [3.05, 3.63) is 48.2 Å². The van der Waals surface area contributed by atoms with Gasteiger partial charge in [-0.15, -0.1) is 0 Å². The molecule has 1 N–H and O–H groups in total. The molecule has 0 aliphatic heterocycles. The van der Waals surface area contributed by atoms with Gasteiger partial charge in [0.2, 0.25) is 0 Å². The van der Waals surface area contributed by atoms with Crippen LogP contribution in [0.5, 0.6) is 5.75 Å². The number of hydrogen-bond acceptors (Lipinski definition) is 4. The molecule has 0 spiro atoms. The lowest BCUT2D eigenvalue weighted by atomic mass is 10.2. The van der Waals surface area contributed by atoms with Crippen LogP contribution in [0.25, 0.3) is 0 Å². The fourth-order valence-electron chi connectivity index (χ4n) is 2.53. The summed E-state index contributed by atoms with van der Waals surface area (Å²) in [5, 5.41) is 2.86. The summed E-state index contributed by atoms with van der Waals surface area (Å²) < 4.78 is 5.25. The summed E-state index contributed by atoms with van der Waals surface area (Å²) in [6.07, 6.45) is 3.76. The molecule has 1 heterocycles. The first kappa shape index (κ1) is 17.8. The number of hydrogen-bond donors (Lipinski definition) is 1. The number of anilines is 2. The SMILES string of the molecule is CCCN(CCC)c1ccc(C(=O)Nc2ccccc2OC)cn1. The van der Waals surface area contributed by atoms with Gasteiger partial charge >= 0.3 is 0 Å². The second kappa shape index (κ2) is 8.91. The third-order valence-corrected chi connectivity index (χ3v) is 3.68. The molecule has 0 aliphatic carbocycles. The number of methoxy groups -OCH3 is 1. The molecular weight excluding hydrogens is 302 g/mol. The van der Waals surface area contributed by atoms with Gasteiger partial charge in [0.25, 0.3) is 5.91 Å². The average molecular weight is 327 g/mol. The average Bonchev–Trinajstić information content (AvgIpc) is 2.62. The quantitative estimate of drug-likeness (QED) is 0.797. The Morgan fingerprint density at radius 3 is 2.42 bits per heavy atom. The smallest absolute Gasteiger partial charge is 0.257 e. The van der Waals surface area contributed by atoms with Crippen molar-refractivity contribution in [3.8, 4) is 5.75 Å². The van der Waals surface area contributed by atoms with E-state index in [1.165, 1.54) is 0 Å². The van der Waals surface area contributed by atoms with Crippen molar-refractivity contribution < 1.29 is 9.53 Å². The molecule has 0 aliphatic rings. The molecule has 24 heavy (non-hydrogen) atoms. The first-order valence-corrected chi connectivity index (χ1v) is 8.35. The number of nitrogens with zero attached hydrogens (tertiary/aromatic N) is 2. The number of rotatable bonds is 8. The van der Waals surface area contributed by atoms with Gasteiger partial charge in [0, 0.05) is 19.3 Å². The highest BCUT2D eigenvalue weighted by Gasteiger charge is 2.11. The second-order valence-corrected chi connectivity index (χ2v) is 5.55. The van der Waals surface area contributed by atoms with E-state index in [2.05, 4.69) is 29.0 Å². The first-order valence-electron chi connectivity index (χ1n) is 8.35. The van der Waals surface area contributed by atoms with Crippen LogP contribution < -0.4 is 15.0 Å². The Bertz CT molecular complexity index is 650. The van der Waals surface area contributed by atoms with Gasteiger partial charge in [0.15, 0.2) is 0 Å². The van der Waals surface area contributed by atoms with Gasteiger partial charge < -0.3 is 15.0 Å². The van der Waals surface area contributed by atoms with E-state index in [1.54, 1.807) is 13.3 Å². The molecule has 2 aromatic rings. The van der Waals surface area contributed by atoms with Crippen LogP contribution in [0.2, 0.25) is 0 Å². The van der Waals surface area contributed by atoms with Crippen molar-refractivity contribution >= 4 is 17.4 Å². The molecule has 0 saturated carbocycles. The van der Waals surface area contributed by atoms with Gasteiger partial charge in [-0.3, -0.25) is 4.79 Å². The van der Waals surface area contributed by atoms with Crippen molar-refractivity contribution in [2.45, 2.75) is 26.7 Å². The van der Waals surface area contributed by atoms with Crippen LogP contribution in [-0.2, 0) is 0 Å². The Kier molecular flexibility index (Phi) is 6.61. The number of benzene rings is 1. The van der Waals surface area contributed by atoms with E-state index in [1.807, 2.05) is 36.4 Å². The number of pyridine rings is 1. The van der Waals surface area contributed by atoms with Crippen molar-refractivity contribution in [3.63, 3.8) is 0 Å². The Balaban J connectivity index is 2.10. The minimum atomic E-state index is -0.198. The minimum absolute atomic E-state index is 0.198. The Morgan fingerprint density at radius 1 is 1.12 bits per heavy atom. The monoisotopic (exact) mass is 327 g/mol. The van der Waals surface area contributed by atoms with Crippen molar-refractivity contribution in [2.75, 3.05) is 30.4 Å². The summed E-state index contributed by atoms with van der Waals surface area (Å²) >= 11 is 0. The van der Waals surface area contributed by atoms with Gasteiger partial charge in [0.1, 0.15) is 11.6 Å². The van der Waals surface area contributed by atoms with Crippen molar-refractivity contribution in [1.29, 1.82) is 0 Å². The van der Waals surface area contributed by atoms with Gasteiger partial charge in [-0.2, -0.15) is 0 Å². The Hall–Kier alpha value is -2.56. The molecule has 0 unspecified atom stereocenters. The lowest BCUT2D eigenvalue weighted by Gasteiger charge is -2.22. The topological polar surface area (TPSA) is 54.5 Å². The van der Waals surface area contributed by atoms with Crippen LogP contribution >= 0.6 is 0 Å². The third kappa shape index (κ3) is 4.47. The largest absolute Gasteiger partial charge is 0.495 e. The van der Waals surface area contributed by atoms with E-state index in [-0.39, 0.29) is 5.91 Å². The maximum absolute atomic E-state index is 12.4. The normalized spacial score (nSPS) is 10.3. The number of amides is 1. The molecule has 0 bridgehead atoms. The van der Waals surface area contributed by atoms with Crippen LogP contribution in [0.4, 0.5) is 11.5 Å². The molecule has 0 saturated heterocycles. The molecule has 5 nitrogen and oxygen atoms in total. The highest BCUT2D eigenvalue weighted by molar-refractivity contribution is 6.04. The fourth-order valence-corrected chi connectivity index (χ4v) is 2.53. The van der Waals surface area contributed by atoms with E-state index in [4.69, 9.17) is 4.74 Å². The summed E-state index contributed by atoms with van der Waals surface area (Å²) in [5.41, 5.74) is 1.17. The van der Waals surface area contributed by atoms with Crippen LogP contribution in [0.1, 0.15) is 37.0 Å². The van der Waals surface area contributed by atoms with Gasteiger partial charge in [0.05, 0.1) is 18.4 Å². The summed E-state index contributed by atoms with van der Waals surface area (Å²) in [7, 11) is 1.58. The number of nitrogens with one attached hydrogen (secondary N) is 1. The van der Waals surface area contributed by atoms with E-state index in [0.29, 0.717) is 17.0 Å². The maximum Gasteiger partial charge on any atom is 0.257 e. The predicted octanol–water partition coefficient (Wildman–Crippen LogP) is 3.97. The highest BCUT2D eigenvalue weighted by Crippen LogP contribution is 2.23. The number of aromatic nitrogens is 1. The van der Waals surface area contributed by atoms with Crippen LogP contribution in [0, 0.1) is 0 Å². The third-order valence-electron chi connectivity index (χ3n) is 3.68. The fraction of sp³-hybridized carbons (Fsp3) is 0.368. The molecule has 0 atom stereocenters. The van der Waals surface area contributed by atoms with Gasteiger partial charge in [-0.1, -0.05) is 26.0 Å². The minimum Gasteiger partial charge on any atom is -0.495 e. The van der Waals surface area contributed by atoms with E-state index >= 15 is 0 Å². The zero-order valence-electron chi connectivity index (χ0n) is 14.6.